The lowest BCUT2D eigenvalue weighted by molar-refractivity contribution is 0.208. The van der Waals surface area contributed by atoms with Crippen LogP contribution in [-0.2, 0) is 0 Å². The number of halogens is 1. The molecular formula is C15H16ClN5O2. The predicted molar refractivity (Wildman–Crippen MR) is 88.0 cm³/mol. The molecule has 1 aliphatic heterocycles. The number of benzene rings is 1. The average Bonchev–Trinajstić information content (AvgIpc) is 2.58. The summed E-state index contributed by atoms with van der Waals surface area (Å²) in [7, 11) is 0. The molecule has 0 aliphatic carbocycles. The Morgan fingerprint density at radius 1 is 1.09 bits per heavy atom. The smallest absolute Gasteiger partial charge is 0.324 e. The Balaban J connectivity index is 1.54. The van der Waals surface area contributed by atoms with Crippen molar-refractivity contribution in [1.29, 1.82) is 0 Å². The normalized spacial score (nSPS) is 14.7. The van der Waals surface area contributed by atoms with Gasteiger partial charge in [0.2, 0.25) is 5.95 Å². The van der Waals surface area contributed by atoms with Gasteiger partial charge in [0.15, 0.2) is 5.75 Å². The van der Waals surface area contributed by atoms with Crippen LogP contribution in [0.3, 0.4) is 0 Å². The van der Waals surface area contributed by atoms with E-state index in [-0.39, 0.29) is 17.7 Å². The third-order valence-electron chi connectivity index (χ3n) is 3.62. The van der Waals surface area contributed by atoms with E-state index in [9.17, 15) is 4.79 Å². The lowest BCUT2D eigenvalue weighted by Gasteiger charge is -2.35. The van der Waals surface area contributed by atoms with Crippen LogP contribution in [0.2, 0.25) is 5.02 Å². The zero-order chi connectivity index (χ0) is 16.2. The lowest BCUT2D eigenvalue weighted by atomic mass is 10.2. The Kier molecular flexibility index (Phi) is 4.47. The van der Waals surface area contributed by atoms with Gasteiger partial charge in [-0.3, -0.25) is 5.32 Å². The highest BCUT2D eigenvalue weighted by atomic mass is 35.5. The van der Waals surface area contributed by atoms with Gasteiger partial charge in [0.1, 0.15) is 0 Å². The first-order chi connectivity index (χ1) is 11.1. The fourth-order valence-electron chi connectivity index (χ4n) is 2.38. The van der Waals surface area contributed by atoms with Crippen molar-refractivity contribution in [2.24, 2.45) is 0 Å². The van der Waals surface area contributed by atoms with Crippen LogP contribution in [-0.4, -0.2) is 52.2 Å². The van der Waals surface area contributed by atoms with E-state index in [0.717, 1.165) is 18.8 Å². The van der Waals surface area contributed by atoms with Gasteiger partial charge < -0.3 is 14.9 Å². The van der Waals surface area contributed by atoms with Crippen molar-refractivity contribution in [2.45, 2.75) is 0 Å². The number of nitrogens with one attached hydrogen (secondary N) is 1. The molecule has 0 atom stereocenters. The number of carbonyl (C=O) groups is 1. The molecule has 0 spiro atoms. The van der Waals surface area contributed by atoms with Gasteiger partial charge in [-0.2, -0.15) is 0 Å². The van der Waals surface area contributed by atoms with Gasteiger partial charge >= 0.3 is 6.03 Å². The summed E-state index contributed by atoms with van der Waals surface area (Å²) in [5.41, 5.74) is 1.09. The summed E-state index contributed by atoms with van der Waals surface area (Å²) in [6.45, 7) is 2.69. The molecule has 2 N–H and O–H groups in total. The van der Waals surface area contributed by atoms with Crippen molar-refractivity contribution in [3.8, 4) is 5.75 Å². The Morgan fingerprint density at radius 2 is 1.70 bits per heavy atom. The molecule has 1 aliphatic rings. The van der Waals surface area contributed by atoms with Gasteiger partial charge in [-0.1, -0.05) is 11.6 Å². The number of aromatic hydroxyl groups is 1. The number of urea groups is 1. The molecule has 23 heavy (non-hydrogen) atoms. The molecule has 1 aromatic carbocycles. The zero-order valence-electron chi connectivity index (χ0n) is 12.3. The number of rotatable bonds is 2. The van der Waals surface area contributed by atoms with Crippen molar-refractivity contribution in [1.82, 2.24) is 14.9 Å². The molecular weight excluding hydrogens is 318 g/mol. The minimum Gasteiger partial charge on any atom is -0.505 e. The minimum atomic E-state index is -0.244. The number of carbonyl (C=O) groups excluding carboxylic acids is 1. The Labute approximate surface area is 138 Å². The number of piperazine rings is 1. The highest BCUT2D eigenvalue weighted by Crippen LogP contribution is 2.19. The first kappa shape index (κ1) is 15.4. The number of nitrogens with zero attached hydrogens (tertiary/aromatic N) is 4. The second-order valence-electron chi connectivity index (χ2n) is 5.15. The van der Waals surface area contributed by atoms with Crippen LogP contribution in [0.15, 0.2) is 36.7 Å². The molecule has 0 bridgehead atoms. The van der Waals surface area contributed by atoms with E-state index in [4.69, 9.17) is 16.7 Å². The number of hydrogen-bond donors (Lipinski definition) is 2. The molecule has 3 rings (SSSR count). The van der Waals surface area contributed by atoms with Gasteiger partial charge in [0, 0.05) is 36.9 Å². The Hall–Kier alpha value is -2.54. The first-order valence-electron chi connectivity index (χ1n) is 7.19. The quantitative estimate of drug-likeness (QED) is 0.880. The Bertz CT molecular complexity index is 669. The highest BCUT2D eigenvalue weighted by Gasteiger charge is 2.21. The van der Waals surface area contributed by atoms with Crippen LogP contribution in [0, 0.1) is 0 Å². The van der Waals surface area contributed by atoms with Gasteiger partial charge in [0.05, 0.1) is 12.4 Å². The molecule has 2 aromatic rings. The lowest BCUT2D eigenvalue weighted by Crippen LogP contribution is -2.50. The van der Waals surface area contributed by atoms with E-state index in [2.05, 4.69) is 20.2 Å². The van der Waals surface area contributed by atoms with E-state index in [1.54, 1.807) is 4.90 Å². The molecule has 1 fully saturated rings. The number of amides is 2. The maximum Gasteiger partial charge on any atom is 0.324 e. The third kappa shape index (κ3) is 3.81. The maximum absolute atomic E-state index is 12.2. The fraction of sp³-hybridized carbons (Fsp3) is 0.267. The molecule has 1 saturated heterocycles. The molecule has 7 nitrogen and oxygen atoms in total. The zero-order valence-corrected chi connectivity index (χ0v) is 13.1. The maximum atomic E-state index is 12.2. The van der Waals surface area contributed by atoms with Gasteiger partial charge in [-0.05, 0) is 24.3 Å². The van der Waals surface area contributed by atoms with Gasteiger partial charge in [-0.15, -0.1) is 0 Å². The predicted octanol–water partition coefficient (Wildman–Crippen LogP) is 2.19. The van der Waals surface area contributed by atoms with E-state index in [0.29, 0.717) is 18.1 Å². The average molecular weight is 334 g/mol. The van der Waals surface area contributed by atoms with Crippen LogP contribution >= 0.6 is 11.6 Å². The van der Waals surface area contributed by atoms with Crippen molar-refractivity contribution in [3.63, 3.8) is 0 Å². The van der Waals surface area contributed by atoms with Crippen molar-refractivity contribution < 1.29 is 9.90 Å². The minimum absolute atomic E-state index is 0.0421. The summed E-state index contributed by atoms with van der Waals surface area (Å²) in [5, 5.41) is 12.5. The van der Waals surface area contributed by atoms with Crippen LogP contribution < -0.4 is 10.2 Å². The van der Waals surface area contributed by atoms with E-state index in [1.807, 2.05) is 24.3 Å². The third-order valence-corrected chi connectivity index (χ3v) is 3.87. The SMILES string of the molecule is O=C(Nc1ncc(O)cn1)N1CCN(c2ccc(Cl)cc2)CC1. The summed E-state index contributed by atoms with van der Waals surface area (Å²) >= 11 is 5.89. The summed E-state index contributed by atoms with van der Waals surface area (Å²) in [6, 6.07) is 7.42. The van der Waals surface area contributed by atoms with E-state index >= 15 is 0 Å². The van der Waals surface area contributed by atoms with Crippen molar-refractivity contribution in [2.75, 3.05) is 36.4 Å². The second kappa shape index (κ2) is 6.70. The largest absolute Gasteiger partial charge is 0.505 e. The summed E-state index contributed by atoms with van der Waals surface area (Å²) < 4.78 is 0. The highest BCUT2D eigenvalue weighted by molar-refractivity contribution is 6.30. The topological polar surface area (TPSA) is 81.6 Å². The van der Waals surface area contributed by atoms with Crippen LogP contribution in [0.25, 0.3) is 0 Å². The second-order valence-corrected chi connectivity index (χ2v) is 5.58. The van der Waals surface area contributed by atoms with E-state index in [1.165, 1.54) is 12.4 Å². The number of aromatic nitrogens is 2. The summed E-state index contributed by atoms with van der Waals surface area (Å²) in [6.07, 6.45) is 2.47. The molecule has 0 unspecified atom stereocenters. The van der Waals surface area contributed by atoms with Crippen molar-refractivity contribution in [3.05, 3.63) is 41.7 Å². The van der Waals surface area contributed by atoms with Gasteiger partial charge in [0.25, 0.3) is 0 Å². The molecule has 0 radical (unpaired) electrons. The fourth-order valence-corrected chi connectivity index (χ4v) is 2.51. The monoisotopic (exact) mass is 333 g/mol. The molecule has 2 heterocycles. The van der Waals surface area contributed by atoms with Crippen LogP contribution in [0.4, 0.5) is 16.4 Å². The molecule has 120 valence electrons. The summed E-state index contributed by atoms with van der Waals surface area (Å²) in [5.74, 6) is 0.132. The standard InChI is InChI=1S/C15H16ClN5O2/c16-11-1-3-12(4-2-11)20-5-7-21(8-6-20)15(23)19-14-17-9-13(22)10-18-14/h1-4,9-10,22H,5-8H2,(H,17,18,19,23). The molecule has 2 amide bonds. The molecule has 0 saturated carbocycles. The van der Waals surface area contributed by atoms with Crippen LogP contribution in [0.1, 0.15) is 0 Å². The first-order valence-corrected chi connectivity index (χ1v) is 7.57. The van der Waals surface area contributed by atoms with Crippen molar-refractivity contribution >= 4 is 29.3 Å². The number of anilines is 2. The number of hydrogen-bond acceptors (Lipinski definition) is 5. The van der Waals surface area contributed by atoms with Crippen LogP contribution in [0.5, 0.6) is 5.75 Å². The summed E-state index contributed by atoms with van der Waals surface area (Å²) in [4.78, 5) is 23.8. The molecule has 8 heteroatoms. The van der Waals surface area contributed by atoms with E-state index < -0.39 is 0 Å². The Morgan fingerprint density at radius 3 is 2.30 bits per heavy atom. The van der Waals surface area contributed by atoms with Gasteiger partial charge in [-0.25, -0.2) is 14.8 Å². The molecule has 1 aromatic heterocycles.